The molecule has 0 radical (unpaired) electrons. The van der Waals surface area contributed by atoms with Crippen molar-refractivity contribution in [2.75, 3.05) is 19.5 Å². The second-order valence-electron chi connectivity index (χ2n) is 3.98. The molecule has 0 amide bonds. The van der Waals surface area contributed by atoms with Crippen molar-refractivity contribution in [2.24, 2.45) is 0 Å². The molecule has 0 bridgehead atoms. The van der Waals surface area contributed by atoms with Crippen LogP contribution in [-0.4, -0.2) is 31.5 Å². The molecule has 1 aromatic carbocycles. The van der Waals surface area contributed by atoms with E-state index in [1.807, 2.05) is 6.92 Å². The molecule has 0 saturated carbocycles. The average molecular weight is 254 g/mol. The van der Waals surface area contributed by atoms with E-state index in [4.69, 9.17) is 9.47 Å². The number of ether oxygens (including phenoxy) is 2. The molecule has 0 saturated heterocycles. The lowest BCUT2D eigenvalue weighted by Crippen LogP contribution is -2.34. The van der Waals surface area contributed by atoms with Gasteiger partial charge in [-0.3, -0.25) is 10.1 Å². The van der Waals surface area contributed by atoms with E-state index in [0.29, 0.717) is 11.3 Å². The number of hydrogen-bond acceptors (Lipinski definition) is 5. The molecule has 0 fully saturated rings. The van der Waals surface area contributed by atoms with E-state index >= 15 is 0 Å². The van der Waals surface area contributed by atoms with Gasteiger partial charge in [0.2, 0.25) is 0 Å². The smallest absolute Gasteiger partial charge is 0.274 e. The molecule has 1 N–H and O–H groups in total. The van der Waals surface area contributed by atoms with Crippen molar-refractivity contribution in [3.05, 3.63) is 33.9 Å². The summed E-state index contributed by atoms with van der Waals surface area (Å²) < 4.78 is 10.3. The maximum atomic E-state index is 10.8. The van der Waals surface area contributed by atoms with Gasteiger partial charge in [0, 0.05) is 31.5 Å². The summed E-state index contributed by atoms with van der Waals surface area (Å²) in [6.07, 6.45) is -0.413. The Bertz CT molecular complexity index is 419. The van der Waals surface area contributed by atoms with E-state index in [-0.39, 0.29) is 11.7 Å². The van der Waals surface area contributed by atoms with E-state index in [1.165, 1.54) is 6.07 Å². The zero-order valence-electron chi connectivity index (χ0n) is 11.0. The van der Waals surface area contributed by atoms with Gasteiger partial charge in [-0.1, -0.05) is 6.07 Å². The second kappa shape index (κ2) is 6.32. The van der Waals surface area contributed by atoms with Crippen molar-refractivity contribution in [2.45, 2.75) is 26.2 Å². The number of nitrogens with one attached hydrogen (secondary N) is 1. The van der Waals surface area contributed by atoms with Gasteiger partial charge >= 0.3 is 0 Å². The van der Waals surface area contributed by atoms with Crippen LogP contribution in [0.2, 0.25) is 0 Å². The molecule has 1 atom stereocenters. The van der Waals surface area contributed by atoms with Gasteiger partial charge in [0.05, 0.1) is 11.0 Å². The molecule has 0 spiro atoms. The molecular weight excluding hydrogens is 236 g/mol. The number of hydrogen-bond donors (Lipinski definition) is 1. The Morgan fingerprint density at radius 3 is 2.44 bits per heavy atom. The summed E-state index contributed by atoms with van der Waals surface area (Å²) in [6, 6.07) is 4.80. The van der Waals surface area contributed by atoms with Gasteiger partial charge in [-0.15, -0.1) is 0 Å². The number of nitro benzene ring substituents is 1. The molecular formula is C12H18N2O4. The van der Waals surface area contributed by atoms with Gasteiger partial charge in [0.1, 0.15) is 0 Å². The van der Waals surface area contributed by atoms with Crippen molar-refractivity contribution in [1.82, 2.24) is 0 Å². The van der Waals surface area contributed by atoms with Crippen LogP contribution >= 0.6 is 0 Å². The maximum Gasteiger partial charge on any atom is 0.274 e. The van der Waals surface area contributed by atoms with Crippen LogP contribution in [0.25, 0.3) is 0 Å². The molecule has 1 rings (SSSR count). The summed E-state index contributed by atoms with van der Waals surface area (Å²) in [5.41, 5.74) is 1.40. The van der Waals surface area contributed by atoms with Gasteiger partial charge in [-0.05, 0) is 19.9 Å². The molecule has 18 heavy (non-hydrogen) atoms. The molecule has 1 unspecified atom stereocenters. The Balaban J connectivity index is 2.91. The van der Waals surface area contributed by atoms with Crippen molar-refractivity contribution >= 4 is 11.4 Å². The minimum atomic E-state index is -0.413. The zero-order chi connectivity index (χ0) is 13.7. The van der Waals surface area contributed by atoms with Crippen LogP contribution in [0.4, 0.5) is 11.4 Å². The zero-order valence-corrected chi connectivity index (χ0v) is 11.0. The van der Waals surface area contributed by atoms with Crippen LogP contribution in [0, 0.1) is 17.0 Å². The highest BCUT2D eigenvalue weighted by Crippen LogP contribution is 2.26. The minimum Gasteiger partial charge on any atom is -0.377 e. The van der Waals surface area contributed by atoms with E-state index in [9.17, 15) is 10.1 Å². The third-order valence-corrected chi connectivity index (χ3v) is 2.76. The topological polar surface area (TPSA) is 73.6 Å². The van der Waals surface area contributed by atoms with Gasteiger partial charge in [0.15, 0.2) is 6.29 Å². The predicted octanol–water partition coefficient (Wildman–Crippen LogP) is 2.32. The van der Waals surface area contributed by atoms with E-state index in [1.54, 1.807) is 33.3 Å². The number of rotatable bonds is 6. The van der Waals surface area contributed by atoms with E-state index in [2.05, 4.69) is 5.32 Å². The highest BCUT2D eigenvalue weighted by atomic mass is 16.7. The number of nitrogens with zero attached hydrogens (tertiary/aromatic N) is 1. The Hall–Kier alpha value is -1.66. The first-order valence-corrected chi connectivity index (χ1v) is 5.57. The lowest BCUT2D eigenvalue weighted by atomic mass is 10.1. The second-order valence-corrected chi connectivity index (χ2v) is 3.98. The normalized spacial score (nSPS) is 12.5. The third-order valence-electron chi connectivity index (χ3n) is 2.76. The summed E-state index contributed by atoms with van der Waals surface area (Å²) >= 11 is 0. The standard InChI is InChI=1S/C12H18N2O4/c1-8-10(6-5-7-11(8)14(15)16)13-9(2)12(17-3)18-4/h5-7,9,12-13H,1-4H3. The minimum absolute atomic E-state index is 0.0959. The largest absolute Gasteiger partial charge is 0.377 e. The molecule has 0 heterocycles. The molecule has 6 nitrogen and oxygen atoms in total. The Morgan fingerprint density at radius 2 is 1.94 bits per heavy atom. The van der Waals surface area contributed by atoms with E-state index in [0.717, 1.165) is 0 Å². The molecule has 0 aliphatic carbocycles. The predicted molar refractivity (Wildman–Crippen MR) is 68.7 cm³/mol. The lowest BCUT2D eigenvalue weighted by Gasteiger charge is -2.23. The number of nitro groups is 1. The van der Waals surface area contributed by atoms with Crippen LogP contribution in [-0.2, 0) is 9.47 Å². The Morgan fingerprint density at radius 1 is 1.33 bits per heavy atom. The fraction of sp³-hybridized carbons (Fsp3) is 0.500. The monoisotopic (exact) mass is 254 g/mol. The summed E-state index contributed by atoms with van der Waals surface area (Å²) in [4.78, 5) is 10.4. The third kappa shape index (κ3) is 3.18. The summed E-state index contributed by atoms with van der Waals surface area (Å²) in [6.45, 7) is 3.59. The van der Waals surface area contributed by atoms with Crippen LogP contribution in [0.3, 0.4) is 0 Å². The maximum absolute atomic E-state index is 10.8. The Kier molecular flexibility index (Phi) is 5.06. The lowest BCUT2D eigenvalue weighted by molar-refractivity contribution is -0.385. The van der Waals surface area contributed by atoms with Gasteiger partial charge < -0.3 is 14.8 Å². The van der Waals surface area contributed by atoms with Gasteiger partial charge in [-0.25, -0.2) is 0 Å². The molecule has 1 aromatic rings. The van der Waals surface area contributed by atoms with Crippen LogP contribution in [0.1, 0.15) is 12.5 Å². The average Bonchev–Trinajstić information content (AvgIpc) is 2.33. The van der Waals surface area contributed by atoms with Crippen molar-refractivity contribution < 1.29 is 14.4 Å². The summed E-state index contributed by atoms with van der Waals surface area (Å²) in [5.74, 6) is 0. The highest BCUT2D eigenvalue weighted by Gasteiger charge is 2.19. The molecule has 6 heteroatoms. The SMILES string of the molecule is COC(OC)C(C)Nc1cccc([N+](=O)[O-])c1C. The van der Waals surface area contributed by atoms with Crippen LogP contribution in [0.15, 0.2) is 18.2 Å². The number of benzene rings is 1. The molecule has 100 valence electrons. The summed E-state index contributed by atoms with van der Waals surface area (Å²) in [5, 5.41) is 14.0. The number of methoxy groups -OCH3 is 2. The molecule has 0 aliphatic heterocycles. The highest BCUT2D eigenvalue weighted by molar-refractivity contribution is 5.60. The fourth-order valence-corrected chi connectivity index (χ4v) is 1.80. The first kappa shape index (κ1) is 14.4. The van der Waals surface area contributed by atoms with Crippen molar-refractivity contribution in [3.63, 3.8) is 0 Å². The van der Waals surface area contributed by atoms with Gasteiger partial charge in [0.25, 0.3) is 5.69 Å². The van der Waals surface area contributed by atoms with Gasteiger partial charge in [-0.2, -0.15) is 0 Å². The first-order chi connectivity index (χ1) is 8.51. The first-order valence-electron chi connectivity index (χ1n) is 5.57. The van der Waals surface area contributed by atoms with Crippen molar-refractivity contribution in [3.8, 4) is 0 Å². The Labute approximate surface area is 106 Å². The van der Waals surface area contributed by atoms with Crippen molar-refractivity contribution in [1.29, 1.82) is 0 Å². The van der Waals surface area contributed by atoms with E-state index < -0.39 is 11.2 Å². The molecule has 0 aliphatic rings. The summed E-state index contributed by atoms with van der Waals surface area (Å²) in [7, 11) is 3.10. The molecule has 0 aromatic heterocycles. The van der Waals surface area contributed by atoms with Crippen LogP contribution in [0.5, 0.6) is 0 Å². The fourth-order valence-electron chi connectivity index (χ4n) is 1.80. The number of anilines is 1. The van der Waals surface area contributed by atoms with Crippen LogP contribution < -0.4 is 5.32 Å². The quantitative estimate of drug-likeness (QED) is 0.479.